The van der Waals surface area contributed by atoms with Gasteiger partial charge in [-0.25, -0.2) is 9.78 Å². The molecule has 1 N–H and O–H groups in total. The minimum atomic E-state index is -0.369. The number of ether oxygens (including phenoxy) is 1. The number of nitrogens with zero attached hydrogens (tertiary/aromatic N) is 1. The smallest absolute Gasteiger partial charge is 0.338 e. The Bertz CT molecular complexity index is 565. The second-order valence-electron chi connectivity index (χ2n) is 4.10. The molecule has 0 spiro atoms. The molecular weight excluding hydrogens is 240 g/mol. The Labute approximate surface area is 112 Å². The number of methoxy groups -OCH3 is 1. The van der Waals surface area contributed by atoms with E-state index in [1.54, 1.807) is 18.3 Å². The second-order valence-corrected chi connectivity index (χ2v) is 4.10. The highest BCUT2D eigenvalue weighted by Gasteiger charge is 2.06. The van der Waals surface area contributed by atoms with Gasteiger partial charge in [0, 0.05) is 11.9 Å². The van der Waals surface area contributed by atoms with Crippen LogP contribution in [0, 0.1) is 0 Å². The molecule has 4 heteroatoms. The molecule has 1 heterocycles. The van der Waals surface area contributed by atoms with E-state index in [4.69, 9.17) is 0 Å². The van der Waals surface area contributed by atoms with E-state index >= 15 is 0 Å². The number of aryl methyl sites for hydroxylation is 1. The zero-order chi connectivity index (χ0) is 13.7. The summed E-state index contributed by atoms with van der Waals surface area (Å²) in [7, 11) is 1.36. The first-order valence-corrected chi connectivity index (χ1v) is 6.13. The van der Waals surface area contributed by atoms with Crippen LogP contribution in [0.3, 0.4) is 0 Å². The number of rotatable bonds is 4. The van der Waals surface area contributed by atoms with Crippen LogP contribution in [0.5, 0.6) is 0 Å². The molecule has 0 saturated heterocycles. The van der Waals surface area contributed by atoms with Gasteiger partial charge in [0.15, 0.2) is 0 Å². The standard InChI is InChI=1S/C15H16N2O2/c1-3-11-4-6-13(7-5-11)17-14-10-12(8-9-16-14)15(18)19-2/h4-10H,3H2,1-2H3,(H,16,17). The SMILES string of the molecule is CCc1ccc(Nc2cc(C(=O)OC)ccn2)cc1. The van der Waals surface area contributed by atoms with Crippen LogP contribution in [0.4, 0.5) is 11.5 Å². The lowest BCUT2D eigenvalue weighted by atomic mass is 10.1. The maximum absolute atomic E-state index is 11.4. The number of pyridine rings is 1. The van der Waals surface area contributed by atoms with Gasteiger partial charge in [0.1, 0.15) is 5.82 Å². The molecule has 0 aliphatic rings. The molecule has 0 atom stereocenters. The Balaban J connectivity index is 2.16. The van der Waals surface area contributed by atoms with Gasteiger partial charge in [0.2, 0.25) is 0 Å². The van der Waals surface area contributed by atoms with Crippen molar-refractivity contribution in [3.05, 3.63) is 53.7 Å². The molecule has 0 unspecified atom stereocenters. The fraction of sp³-hybridized carbons (Fsp3) is 0.200. The van der Waals surface area contributed by atoms with Crippen molar-refractivity contribution in [3.63, 3.8) is 0 Å². The van der Waals surface area contributed by atoms with E-state index in [-0.39, 0.29) is 5.97 Å². The third-order valence-electron chi connectivity index (χ3n) is 2.82. The Morgan fingerprint density at radius 3 is 2.63 bits per heavy atom. The Morgan fingerprint density at radius 2 is 2.00 bits per heavy atom. The number of hydrogen-bond donors (Lipinski definition) is 1. The van der Waals surface area contributed by atoms with Crippen LogP contribution >= 0.6 is 0 Å². The highest BCUT2D eigenvalue weighted by molar-refractivity contribution is 5.90. The predicted molar refractivity (Wildman–Crippen MR) is 74.7 cm³/mol. The van der Waals surface area contributed by atoms with E-state index in [2.05, 4.69) is 34.1 Å². The highest BCUT2D eigenvalue weighted by atomic mass is 16.5. The topological polar surface area (TPSA) is 51.2 Å². The molecule has 0 amide bonds. The molecule has 19 heavy (non-hydrogen) atoms. The van der Waals surface area contributed by atoms with E-state index in [9.17, 15) is 4.79 Å². The lowest BCUT2D eigenvalue weighted by molar-refractivity contribution is 0.0600. The van der Waals surface area contributed by atoms with Crippen molar-refractivity contribution in [2.24, 2.45) is 0 Å². The van der Waals surface area contributed by atoms with Crippen molar-refractivity contribution >= 4 is 17.5 Å². The van der Waals surface area contributed by atoms with E-state index in [0.717, 1.165) is 12.1 Å². The maximum atomic E-state index is 11.4. The van der Waals surface area contributed by atoms with E-state index in [1.807, 2.05) is 12.1 Å². The van der Waals surface area contributed by atoms with E-state index in [0.29, 0.717) is 11.4 Å². The van der Waals surface area contributed by atoms with Crippen LogP contribution in [0.25, 0.3) is 0 Å². The summed E-state index contributed by atoms with van der Waals surface area (Å²) in [6, 6.07) is 11.4. The molecule has 2 aromatic rings. The van der Waals surface area contributed by atoms with Gasteiger partial charge < -0.3 is 10.1 Å². The first-order valence-electron chi connectivity index (χ1n) is 6.13. The largest absolute Gasteiger partial charge is 0.465 e. The van der Waals surface area contributed by atoms with Gasteiger partial charge >= 0.3 is 5.97 Å². The maximum Gasteiger partial charge on any atom is 0.338 e. The summed E-state index contributed by atoms with van der Waals surface area (Å²) in [4.78, 5) is 15.6. The van der Waals surface area contributed by atoms with Crippen LogP contribution in [0.2, 0.25) is 0 Å². The molecular formula is C15H16N2O2. The Hall–Kier alpha value is -2.36. The summed E-state index contributed by atoms with van der Waals surface area (Å²) in [5, 5.41) is 3.16. The number of esters is 1. The molecule has 0 bridgehead atoms. The van der Waals surface area contributed by atoms with Crippen molar-refractivity contribution < 1.29 is 9.53 Å². The lowest BCUT2D eigenvalue weighted by Gasteiger charge is -2.07. The highest BCUT2D eigenvalue weighted by Crippen LogP contribution is 2.16. The first kappa shape index (κ1) is 13.1. The van der Waals surface area contributed by atoms with E-state index < -0.39 is 0 Å². The zero-order valence-electron chi connectivity index (χ0n) is 11.0. The number of benzene rings is 1. The average Bonchev–Trinajstić information content (AvgIpc) is 2.47. The van der Waals surface area contributed by atoms with Gasteiger partial charge in [-0.2, -0.15) is 0 Å². The summed E-state index contributed by atoms with van der Waals surface area (Å²) >= 11 is 0. The molecule has 0 saturated carbocycles. The number of nitrogens with one attached hydrogen (secondary N) is 1. The zero-order valence-corrected chi connectivity index (χ0v) is 11.0. The minimum absolute atomic E-state index is 0.369. The molecule has 0 aliphatic carbocycles. The predicted octanol–water partition coefficient (Wildman–Crippen LogP) is 3.17. The van der Waals surface area contributed by atoms with E-state index in [1.165, 1.54) is 12.7 Å². The van der Waals surface area contributed by atoms with Gasteiger partial charge in [-0.3, -0.25) is 0 Å². The molecule has 0 fully saturated rings. The van der Waals surface area contributed by atoms with Crippen molar-refractivity contribution in [1.29, 1.82) is 0 Å². The van der Waals surface area contributed by atoms with Gasteiger partial charge in [-0.15, -0.1) is 0 Å². The number of carbonyl (C=O) groups is 1. The third kappa shape index (κ3) is 3.31. The minimum Gasteiger partial charge on any atom is -0.465 e. The summed E-state index contributed by atoms with van der Waals surface area (Å²) in [5.41, 5.74) is 2.69. The number of aromatic nitrogens is 1. The third-order valence-corrected chi connectivity index (χ3v) is 2.82. The quantitative estimate of drug-likeness (QED) is 0.854. The Morgan fingerprint density at radius 1 is 1.26 bits per heavy atom. The van der Waals surface area contributed by atoms with Crippen LogP contribution in [-0.4, -0.2) is 18.1 Å². The van der Waals surface area contributed by atoms with Crippen molar-refractivity contribution in [3.8, 4) is 0 Å². The second kappa shape index (κ2) is 6.00. The summed E-state index contributed by atoms with van der Waals surface area (Å²) in [5.74, 6) is 0.249. The van der Waals surface area contributed by atoms with Crippen LogP contribution in [0.1, 0.15) is 22.8 Å². The van der Waals surface area contributed by atoms with Crippen molar-refractivity contribution in [2.75, 3.05) is 12.4 Å². The monoisotopic (exact) mass is 256 g/mol. The van der Waals surface area contributed by atoms with Crippen LogP contribution < -0.4 is 5.32 Å². The molecule has 0 radical (unpaired) electrons. The van der Waals surface area contributed by atoms with Crippen LogP contribution in [0.15, 0.2) is 42.6 Å². The molecule has 98 valence electrons. The number of anilines is 2. The fourth-order valence-corrected chi connectivity index (χ4v) is 1.72. The molecule has 2 rings (SSSR count). The molecule has 1 aromatic carbocycles. The molecule has 1 aromatic heterocycles. The fourth-order valence-electron chi connectivity index (χ4n) is 1.72. The summed E-state index contributed by atoms with van der Waals surface area (Å²) < 4.78 is 4.68. The van der Waals surface area contributed by atoms with Crippen molar-refractivity contribution in [1.82, 2.24) is 4.98 Å². The van der Waals surface area contributed by atoms with Crippen molar-refractivity contribution in [2.45, 2.75) is 13.3 Å². The first-order chi connectivity index (χ1) is 9.22. The van der Waals surface area contributed by atoms with Gasteiger partial charge in [0.05, 0.1) is 12.7 Å². The van der Waals surface area contributed by atoms with Gasteiger partial charge in [0.25, 0.3) is 0 Å². The van der Waals surface area contributed by atoms with Gasteiger partial charge in [-0.1, -0.05) is 19.1 Å². The molecule has 4 nitrogen and oxygen atoms in total. The lowest BCUT2D eigenvalue weighted by Crippen LogP contribution is -2.03. The van der Waals surface area contributed by atoms with Crippen LogP contribution in [-0.2, 0) is 11.2 Å². The number of carbonyl (C=O) groups excluding carboxylic acids is 1. The number of hydrogen-bond acceptors (Lipinski definition) is 4. The van der Waals surface area contributed by atoms with Gasteiger partial charge in [-0.05, 0) is 36.2 Å². The summed E-state index contributed by atoms with van der Waals surface area (Å²) in [6.45, 7) is 2.11. The Kier molecular flexibility index (Phi) is 4.13. The average molecular weight is 256 g/mol. The molecule has 0 aliphatic heterocycles. The summed E-state index contributed by atoms with van der Waals surface area (Å²) in [6.07, 6.45) is 2.59. The normalized spacial score (nSPS) is 10.0.